The van der Waals surface area contributed by atoms with E-state index in [2.05, 4.69) is 57.0 Å². The van der Waals surface area contributed by atoms with Gasteiger partial charge in [0.1, 0.15) is 0 Å². The van der Waals surface area contributed by atoms with Crippen molar-refractivity contribution in [2.75, 3.05) is 0 Å². The van der Waals surface area contributed by atoms with Gasteiger partial charge in [-0.2, -0.15) is 4.98 Å². The highest BCUT2D eigenvalue weighted by Crippen LogP contribution is 2.16. The molecule has 1 heterocycles. The average molecular weight is 376 g/mol. The third-order valence-electron chi connectivity index (χ3n) is 3.03. The largest absolute Gasteiger partial charge is 0.338 e. The number of nitrogens with two attached hydrogens (primary N) is 1. The van der Waals surface area contributed by atoms with Crippen LogP contribution in [0.15, 0.2) is 33.3 Å². The fourth-order valence-corrected chi connectivity index (χ4v) is 2.36. The predicted octanol–water partition coefficient (Wildman–Crippen LogP) is 3.12. The number of halogens is 2. The van der Waals surface area contributed by atoms with Crippen molar-refractivity contribution in [2.24, 2.45) is 5.73 Å². The fraction of sp³-hybridized carbons (Fsp3) is 0.429. The lowest BCUT2D eigenvalue weighted by Gasteiger charge is -2.25. The SMILES string of the molecule is CC(C)N(Cc1cccc(Br)c1)Cc1noc(CN)n1.Cl. The summed E-state index contributed by atoms with van der Waals surface area (Å²) in [5.41, 5.74) is 6.72. The molecule has 0 amide bonds. The molecular weight excluding hydrogens is 356 g/mol. The zero-order chi connectivity index (χ0) is 14.5. The highest BCUT2D eigenvalue weighted by molar-refractivity contribution is 9.10. The van der Waals surface area contributed by atoms with E-state index in [0.29, 0.717) is 24.3 Å². The van der Waals surface area contributed by atoms with Gasteiger partial charge in [-0.25, -0.2) is 0 Å². The summed E-state index contributed by atoms with van der Waals surface area (Å²) in [5.74, 6) is 1.15. The number of aromatic nitrogens is 2. The molecule has 21 heavy (non-hydrogen) atoms. The lowest BCUT2D eigenvalue weighted by Crippen LogP contribution is -2.30. The standard InChI is InChI=1S/C14H19BrN4O.ClH/c1-10(2)19(8-11-4-3-5-12(15)6-11)9-13-17-14(7-16)20-18-13;/h3-6,10H,7-9,16H2,1-2H3;1H. The minimum atomic E-state index is 0. The van der Waals surface area contributed by atoms with E-state index in [9.17, 15) is 0 Å². The van der Waals surface area contributed by atoms with Crippen molar-refractivity contribution in [3.05, 3.63) is 46.0 Å². The second kappa shape index (κ2) is 8.48. The minimum Gasteiger partial charge on any atom is -0.338 e. The molecule has 1 aromatic carbocycles. The Morgan fingerprint density at radius 1 is 1.33 bits per heavy atom. The molecule has 5 nitrogen and oxygen atoms in total. The van der Waals surface area contributed by atoms with Crippen molar-refractivity contribution >= 4 is 28.3 Å². The Balaban J connectivity index is 0.00000220. The van der Waals surface area contributed by atoms with Gasteiger partial charge in [0.2, 0.25) is 5.89 Å². The van der Waals surface area contributed by atoms with Crippen LogP contribution in [0.25, 0.3) is 0 Å². The summed E-state index contributed by atoms with van der Waals surface area (Å²) in [6, 6.07) is 8.68. The Labute approximate surface area is 139 Å². The highest BCUT2D eigenvalue weighted by atomic mass is 79.9. The maximum absolute atomic E-state index is 5.48. The van der Waals surface area contributed by atoms with Crippen LogP contribution in [0, 0.1) is 0 Å². The number of rotatable bonds is 6. The summed E-state index contributed by atoms with van der Waals surface area (Å²) in [5, 5.41) is 3.95. The van der Waals surface area contributed by atoms with Crippen LogP contribution in [0.4, 0.5) is 0 Å². The van der Waals surface area contributed by atoms with Crippen molar-refractivity contribution < 1.29 is 4.52 Å². The lowest BCUT2D eigenvalue weighted by atomic mass is 10.2. The summed E-state index contributed by atoms with van der Waals surface area (Å²) >= 11 is 3.50. The van der Waals surface area contributed by atoms with Gasteiger partial charge in [-0.3, -0.25) is 4.90 Å². The van der Waals surface area contributed by atoms with Gasteiger partial charge >= 0.3 is 0 Å². The molecule has 0 bridgehead atoms. The average Bonchev–Trinajstić information content (AvgIpc) is 2.85. The molecule has 0 aliphatic carbocycles. The van der Waals surface area contributed by atoms with Crippen LogP contribution in [0.3, 0.4) is 0 Å². The van der Waals surface area contributed by atoms with E-state index < -0.39 is 0 Å². The molecule has 0 atom stereocenters. The monoisotopic (exact) mass is 374 g/mol. The Bertz CT molecular complexity index is 561. The molecule has 2 rings (SSSR count). The summed E-state index contributed by atoms with van der Waals surface area (Å²) in [6.45, 7) is 6.07. The first-order valence-corrected chi connectivity index (χ1v) is 7.38. The van der Waals surface area contributed by atoms with E-state index in [1.54, 1.807) is 0 Å². The third-order valence-corrected chi connectivity index (χ3v) is 3.53. The molecule has 7 heteroatoms. The molecule has 0 aliphatic rings. The topological polar surface area (TPSA) is 68.2 Å². The van der Waals surface area contributed by atoms with E-state index in [1.165, 1.54) is 5.56 Å². The third kappa shape index (κ3) is 5.39. The first kappa shape index (κ1) is 18.1. The number of hydrogen-bond acceptors (Lipinski definition) is 5. The molecule has 0 saturated heterocycles. The fourth-order valence-electron chi connectivity index (χ4n) is 1.91. The quantitative estimate of drug-likeness (QED) is 0.840. The molecule has 0 fully saturated rings. The van der Waals surface area contributed by atoms with Crippen molar-refractivity contribution in [2.45, 2.75) is 39.5 Å². The van der Waals surface area contributed by atoms with Crippen LogP contribution in [-0.4, -0.2) is 21.1 Å². The van der Waals surface area contributed by atoms with Gasteiger partial charge in [-0.1, -0.05) is 33.2 Å². The van der Waals surface area contributed by atoms with Crippen LogP contribution < -0.4 is 5.73 Å². The van der Waals surface area contributed by atoms with Crippen LogP contribution >= 0.6 is 28.3 Å². The molecule has 2 N–H and O–H groups in total. The van der Waals surface area contributed by atoms with Crippen molar-refractivity contribution in [1.82, 2.24) is 15.0 Å². The Morgan fingerprint density at radius 2 is 2.10 bits per heavy atom. The van der Waals surface area contributed by atoms with Gasteiger partial charge < -0.3 is 10.3 Å². The summed E-state index contributed by atoms with van der Waals surface area (Å²) in [7, 11) is 0. The Morgan fingerprint density at radius 3 is 2.67 bits per heavy atom. The molecule has 2 aromatic rings. The van der Waals surface area contributed by atoms with Gasteiger partial charge in [0.05, 0.1) is 13.1 Å². The van der Waals surface area contributed by atoms with Crippen molar-refractivity contribution in [3.63, 3.8) is 0 Å². The van der Waals surface area contributed by atoms with Gasteiger partial charge in [0, 0.05) is 17.1 Å². The summed E-state index contributed by atoms with van der Waals surface area (Å²) in [4.78, 5) is 6.54. The van der Waals surface area contributed by atoms with Gasteiger partial charge in [0.25, 0.3) is 0 Å². The molecule has 0 saturated carbocycles. The van der Waals surface area contributed by atoms with Gasteiger partial charge in [0.15, 0.2) is 5.82 Å². The maximum Gasteiger partial charge on any atom is 0.240 e. The van der Waals surface area contributed by atoms with E-state index >= 15 is 0 Å². The van der Waals surface area contributed by atoms with Crippen molar-refractivity contribution in [1.29, 1.82) is 0 Å². The smallest absolute Gasteiger partial charge is 0.240 e. The molecule has 0 spiro atoms. The van der Waals surface area contributed by atoms with Gasteiger partial charge in [-0.05, 0) is 31.5 Å². The molecular formula is C14H20BrClN4O. The molecule has 0 radical (unpaired) electrons. The number of benzene rings is 1. The highest BCUT2D eigenvalue weighted by Gasteiger charge is 2.14. The van der Waals surface area contributed by atoms with E-state index in [-0.39, 0.29) is 19.0 Å². The summed E-state index contributed by atoms with van der Waals surface area (Å²) in [6.07, 6.45) is 0. The predicted molar refractivity (Wildman–Crippen MR) is 88.0 cm³/mol. The maximum atomic E-state index is 5.48. The normalized spacial score (nSPS) is 11.0. The van der Waals surface area contributed by atoms with Crippen LogP contribution in [0.2, 0.25) is 0 Å². The summed E-state index contributed by atoms with van der Waals surface area (Å²) < 4.78 is 6.13. The number of hydrogen-bond donors (Lipinski definition) is 1. The second-order valence-electron chi connectivity index (χ2n) is 4.94. The van der Waals surface area contributed by atoms with Gasteiger partial charge in [-0.15, -0.1) is 12.4 Å². The molecule has 1 aromatic heterocycles. The van der Waals surface area contributed by atoms with Crippen LogP contribution in [0.5, 0.6) is 0 Å². The van der Waals surface area contributed by atoms with Crippen LogP contribution in [-0.2, 0) is 19.6 Å². The number of nitrogens with zero attached hydrogens (tertiary/aromatic N) is 3. The first-order chi connectivity index (χ1) is 9.58. The first-order valence-electron chi connectivity index (χ1n) is 6.58. The minimum absolute atomic E-state index is 0. The van der Waals surface area contributed by atoms with E-state index in [1.807, 2.05) is 12.1 Å². The second-order valence-corrected chi connectivity index (χ2v) is 5.85. The molecule has 0 aliphatic heterocycles. The van der Waals surface area contributed by atoms with Crippen molar-refractivity contribution in [3.8, 4) is 0 Å². The van der Waals surface area contributed by atoms with E-state index in [0.717, 1.165) is 11.0 Å². The zero-order valence-corrected chi connectivity index (χ0v) is 14.5. The lowest BCUT2D eigenvalue weighted by molar-refractivity contribution is 0.195. The molecule has 0 unspecified atom stereocenters. The molecule has 116 valence electrons. The van der Waals surface area contributed by atoms with E-state index in [4.69, 9.17) is 10.3 Å². The Kier molecular flexibility index (Phi) is 7.31. The van der Waals surface area contributed by atoms with Crippen LogP contribution in [0.1, 0.15) is 31.1 Å². The Hall–Kier alpha value is -0.950. The zero-order valence-electron chi connectivity index (χ0n) is 12.1.